The molecule has 1 aliphatic heterocycles. The van der Waals surface area contributed by atoms with Crippen molar-refractivity contribution in [1.29, 1.82) is 0 Å². The molecule has 1 saturated heterocycles. The molecule has 0 atom stereocenters. The Labute approximate surface area is 199 Å². The quantitative estimate of drug-likeness (QED) is 0.590. The third-order valence-electron chi connectivity index (χ3n) is 5.90. The minimum Gasteiger partial charge on any atom is -0.490 e. The second-order valence-electron chi connectivity index (χ2n) is 8.57. The summed E-state index contributed by atoms with van der Waals surface area (Å²) in [7, 11) is 0. The van der Waals surface area contributed by atoms with Gasteiger partial charge >= 0.3 is 0 Å². The number of para-hydroxylation sites is 1. The summed E-state index contributed by atoms with van der Waals surface area (Å²) in [6.45, 7) is 3.67. The van der Waals surface area contributed by atoms with Crippen molar-refractivity contribution in [2.75, 3.05) is 31.6 Å². The maximum atomic E-state index is 13.0. The molecule has 2 aliphatic rings. The van der Waals surface area contributed by atoms with E-state index in [1.54, 1.807) is 42.5 Å². The number of rotatable bonds is 9. The van der Waals surface area contributed by atoms with Crippen molar-refractivity contribution in [2.24, 2.45) is 0 Å². The van der Waals surface area contributed by atoms with E-state index in [4.69, 9.17) is 9.47 Å². The van der Waals surface area contributed by atoms with Gasteiger partial charge < -0.3 is 25.0 Å². The predicted octanol–water partition coefficient (Wildman–Crippen LogP) is 3.62. The van der Waals surface area contributed by atoms with E-state index in [0.717, 1.165) is 45.2 Å². The normalized spacial score (nSPS) is 15.4. The van der Waals surface area contributed by atoms with E-state index in [-0.39, 0.29) is 30.4 Å². The molecule has 2 fully saturated rings. The summed E-state index contributed by atoms with van der Waals surface area (Å²) >= 11 is 0. The van der Waals surface area contributed by atoms with Gasteiger partial charge in [0.25, 0.3) is 17.7 Å². The van der Waals surface area contributed by atoms with Crippen LogP contribution in [-0.4, -0.2) is 55.0 Å². The lowest BCUT2D eigenvalue weighted by Gasteiger charge is -2.26. The van der Waals surface area contributed by atoms with Gasteiger partial charge in [-0.15, -0.1) is 0 Å². The van der Waals surface area contributed by atoms with Crippen LogP contribution in [0, 0.1) is 0 Å². The Bertz CT molecular complexity index is 1040. The summed E-state index contributed by atoms with van der Waals surface area (Å²) in [6.07, 6.45) is 5.16. The molecule has 8 heteroatoms. The van der Waals surface area contributed by atoms with Crippen LogP contribution in [0.1, 0.15) is 59.7 Å². The summed E-state index contributed by atoms with van der Waals surface area (Å²) in [5.74, 6) is 0.179. The number of carbonyl (C=O) groups is 3. The van der Waals surface area contributed by atoms with Crippen LogP contribution in [0.4, 0.5) is 5.69 Å². The first-order valence-corrected chi connectivity index (χ1v) is 11.9. The van der Waals surface area contributed by atoms with Gasteiger partial charge in [-0.25, -0.2) is 0 Å². The number of piperidine rings is 1. The second-order valence-corrected chi connectivity index (χ2v) is 8.57. The molecule has 2 aromatic carbocycles. The monoisotopic (exact) mass is 465 g/mol. The maximum absolute atomic E-state index is 13.0. The first-order chi connectivity index (χ1) is 16.5. The lowest BCUT2D eigenvalue weighted by Crippen LogP contribution is -2.38. The topological polar surface area (TPSA) is 97.0 Å². The van der Waals surface area contributed by atoms with Crippen LogP contribution >= 0.6 is 0 Å². The second kappa shape index (κ2) is 11.0. The van der Waals surface area contributed by atoms with E-state index in [1.807, 2.05) is 11.8 Å². The van der Waals surface area contributed by atoms with Crippen LogP contribution in [0.2, 0.25) is 0 Å². The molecule has 0 aromatic heterocycles. The van der Waals surface area contributed by atoms with Gasteiger partial charge in [-0.1, -0.05) is 12.1 Å². The van der Waals surface area contributed by atoms with Crippen molar-refractivity contribution >= 4 is 23.4 Å². The van der Waals surface area contributed by atoms with Gasteiger partial charge in [0.15, 0.2) is 18.1 Å². The van der Waals surface area contributed by atoms with E-state index < -0.39 is 0 Å². The number of hydrogen-bond acceptors (Lipinski definition) is 5. The summed E-state index contributed by atoms with van der Waals surface area (Å²) in [5, 5.41) is 5.77. The molecule has 1 aliphatic carbocycles. The Hall–Kier alpha value is -3.55. The van der Waals surface area contributed by atoms with Gasteiger partial charge in [0.05, 0.1) is 17.9 Å². The zero-order chi connectivity index (χ0) is 23.9. The number of amides is 3. The molecule has 4 rings (SSSR count). The van der Waals surface area contributed by atoms with Crippen molar-refractivity contribution in [3.63, 3.8) is 0 Å². The van der Waals surface area contributed by atoms with Gasteiger partial charge in [0.1, 0.15) is 0 Å². The molecule has 0 radical (unpaired) electrons. The fourth-order valence-corrected chi connectivity index (χ4v) is 3.89. The molecule has 3 amide bonds. The standard InChI is InChI=1S/C26H31N3O5/c1-2-33-23-16-18(10-13-22(23)34-17-24(30)29-14-6-3-7-15-29)25(31)28-21-9-5-4-8-20(21)26(32)27-19-11-12-19/h4-5,8-10,13,16,19H,2-3,6-7,11-12,14-15,17H2,1H3,(H,27,32)(H,28,31). The van der Waals surface area contributed by atoms with E-state index >= 15 is 0 Å². The number of nitrogens with one attached hydrogen (secondary N) is 2. The average Bonchev–Trinajstić information content (AvgIpc) is 3.68. The number of anilines is 1. The molecular weight excluding hydrogens is 434 g/mol. The van der Waals surface area contributed by atoms with Crippen molar-refractivity contribution in [2.45, 2.75) is 45.1 Å². The molecule has 1 saturated carbocycles. The molecule has 2 N–H and O–H groups in total. The third kappa shape index (κ3) is 6.07. The van der Waals surface area contributed by atoms with Gasteiger partial charge in [0, 0.05) is 24.7 Å². The van der Waals surface area contributed by atoms with Gasteiger partial charge in [-0.2, -0.15) is 0 Å². The van der Waals surface area contributed by atoms with Crippen molar-refractivity contribution in [3.05, 3.63) is 53.6 Å². The number of benzene rings is 2. The third-order valence-corrected chi connectivity index (χ3v) is 5.90. The van der Waals surface area contributed by atoms with Crippen LogP contribution in [-0.2, 0) is 4.79 Å². The highest BCUT2D eigenvalue weighted by Gasteiger charge is 2.25. The van der Waals surface area contributed by atoms with Crippen molar-refractivity contribution < 1.29 is 23.9 Å². The van der Waals surface area contributed by atoms with Crippen LogP contribution in [0.15, 0.2) is 42.5 Å². The average molecular weight is 466 g/mol. The predicted molar refractivity (Wildman–Crippen MR) is 128 cm³/mol. The molecule has 8 nitrogen and oxygen atoms in total. The lowest BCUT2D eigenvalue weighted by molar-refractivity contribution is -0.134. The van der Waals surface area contributed by atoms with Crippen LogP contribution in [0.25, 0.3) is 0 Å². The zero-order valence-electron chi connectivity index (χ0n) is 19.5. The number of hydrogen-bond donors (Lipinski definition) is 2. The molecule has 1 heterocycles. The van der Waals surface area contributed by atoms with E-state index in [1.165, 1.54) is 0 Å². The summed E-state index contributed by atoms with van der Waals surface area (Å²) in [6, 6.07) is 12.0. The Morgan fingerprint density at radius 1 is 0.941 bits per heavy atom. The Morgan fingerprint density at radius 2 is 1.71 bits per heavy atom. The zero-order valence-corrected chi connectivity index (χ0v) is 19.5. The Morgan fingerprint density at radius 3 is 2.44 bits per heavy atom. The highest BCUT2D eigenvalue weighted by atomic mass is 16.5. The Kier molecular flexibility index (Phi) is 7.67. The number of likely N-dealkylation sites (tertiary alicyclic amines) is 1. The fraction of sp³-hybridized carbons (Fsp3) is 0.423. The number of ether oxygens (including phenoxy) is 2. The van der Waals surface area contributed by atoms with E-state index in [2.05, 4.69) is 10.6 Å². The minimum atomic E-state index is -0.372. The number of carbonyl (C=O) groups excluding carboxylic acids is 3. The largest absolute Gasteiger partial charge is 0.490 e. The summed E-state index contributed by atoms with van der Waals surface area (Å²) < 4.78 is 11.4. The van der Waals surface area contributed by atoms with E-state index in [0.29, 0.717) is 34.9 Å². The Balaban J connectivity index is 1.43. The fourth-order valence-electron chi connectivity index (χ4n) is 3.89. The lowest BCUT2D eigenvalue weighted by atomic mass is 10.1. The van der Waals surface area contributed by atoms with Crippen molar-refractivity contribution in [3.8, 4) is 11.5 Å². The molecule has 180 valence electrons. The molecule has 2 aromatic rings. The van der Waals surface area contributed by atoms with Crippen LogP contribution in [0.5, 0.6) is 11.5 Å². The summed E-state index contributed by atoms with van der Waals surface area (Å²) in [4.78, 5) is 39.8. The van der Waals surface area contributed by atoms with Crippen molar-refractivity contribution in [1.82, 2.24) is 10.2 Å². The molecule has 0 bridgehead atoms. The highest BCUT2D eigenvalue weighted by Crippen LogP contribution is 2.29. The first kappa shape index (κ1) is 23.6. The smallest absolute Gasteiger partial charge is 0.260 e. The minimum absolute atomic E-state index is 0.0509. The molecule has 34 heavy (non-hydrogen) atoms. The number of nitrogens with zero attached hydrogens (tertiary/aromatic N) is 1. The SMILES string of the molecule is CCOc1cc(C(=O)Nc2ccccc2C(=O)NC2CC2)ccc1OCC(=O)N1CCCCC1. The highest BCUT2D eigenvalue weighted by molar-refractivity contribution is 6.09. The van der Waals surface area contributed by atoms with Crippen LogP contribution in [0.3, 0.4) is 0 Å². The summed E-state index contributed by atoms with van der Waals surface area (Å²) in [5.41, 5.74) is 1.22. The van der Waals surface area contributed by atoms with Gasteiger partial charge in [0.2, 0.25) is 0 Å². The first-order valence-electron chi connectivity index (χ1n) is 11.9. The van der Waals surface area contributed by atoms with Crippen LogP contribution < -0.4 is 20.1 Å². The van der Waals surface area contributed by atoms with Gasteiger partial charge in [-0.05, 0) is 69.4 Å². The molecule has 0 unspecified atom stereocenters. The van der Waals surface area contributed by atoms with E-state index in [9.17, 15) is 14.4 Å². The maximum Gasteiger partial charge on any atom is 0.260 e. The molecule has 0 spiro atoms. The van der Waals surface area contributed by atoms with Gasteiger partial charge in [-0.3, -0.25) is 14.4 Å². The molecular formula is C26H31N3O5.